The summed E-state index contributed by atoms with van der Waals surface area (Å²) in [5.74, 6) is 0.411. The fourth-order valence-corrected chi connectivity index (χ4v) is 3.31. The average Bonchev–Trinajstić information content (AvgIpc) is 2.85. The molecule has 7 nitrogen and oxygen atoms in total. The molecular formula is C12H17N5O2S2. The van der Waals surface area contributed by atoms with E-state index in [0.717, 1.165) is 10.7 Å². The fourth-order valence-electron chi connectivity index (χ4n) is 1.67. The first-order chi connectivity index (χ1) is 9.93. The molecule has 0 saturated heterocycles. The van der Waals surface area contributed by atoms with E-state index in [2.05, 4.69) is 20.3 Å². The fraction of sp³-hybridized carbons (Fsp3) is 0.417. The maximum Gasteiger partial charge on any atom is 0.246 e. The third kappa shape index (κ3) is 3.74. The van der Waals surface area contributed by atoms with Crippen molar-refractivity contribution in [3.8, 4) is 0 Å². The normalized spacial score (nSPS) is 11.8. The molecular weight excluding hydrogens is 310 g/mol. The first kappa shape index (κ1) is 15.8. The largest absolute Gasteiger partial charge is 0.355 e. The molecule has 1 N–H and O–H groups in total. The van der Waals surface area contributed by atoms with E-state index in [1.807, 2.05) is 19.2 Å². The number of anilines is 1. The molecule has 0 radical (unpaired) electrons. The highest BCUT2D eigenvalue weighted by Gasteiger charge is 2.22. The predicted octanol–water partition coefficient (Wildman–Crippen LogP) is 1.49. The molecule has 2 aromatic rings. The Morgan fingerprint density at radius 1 is 1.33 bits per heavy atom. The van der Waals surface area contributed by atoms with Gasteiger partial charge in [0.2, 0.25) is 16.0 Å². The van der Waals surface area contributed by atoms with Crippen molar-refractivity contribution < 1.29 is 8.42 Å². The topological polar surface area (TPSA) is 88.1 Å². The molecule has 2 heterocycles. The van der Waals surface area contributed by atoms with Gasteiger partial charge in [-0.25, -0.2) is 23.4 Å². The zero-order valence-electron chi connectivity index (χ0n) is 12.1. The van der Waals surface area contributed by atoms with Crippen LogP contribution in [0.3, 0.4) is 0 Å². The summed E-state index contributed by atoms with van der Waals surface area (Å²) in [6.07, 6.45) is 2.62. The first-order valence-corrected chi connectivity index (χ1v) is 8.68. The number of rotatable bonds is 6. The van der Waals surface area contributed by atoms with Crippen molar-refractivity contribution >= 4 is 27.3 Å². The lowest BCUT2D eigenvalue weighted by molar-refractivity contribution is 0.462. The second-order valence-corrected chi connectivity index (χ2v) is 7.50. The summed E-state index contributed by atoms with van der Waals surface area (Å²) >= 11 is 1.49. The van der Waals surface area contributed by atoms with E-state index >= 15 is 0 Å². The van der Waals surface area contributed by atoms with Gasteiger partial charge in [0.05, 0.1) is 29.6 Å². The van der Waals surface area contributed by atoms with Crippen LogP contribution in [0.15, 0.2) is 22.7 Å². The van der Waals surface area contributed by atoms with E-state index in [9.17, 15) is 8.42 Å². The number of nitrogens with zero attached hydrogens (tertiary/aromatic N) is 4. The summed E-state index contributed by atoms with van der Waals surface area (Å²) in [5.41, 5.74) is 0.730. The molecule has 0 aliphatic carbocycles. The average molecular weight is 327 g/mol. The summed E-state index contributed by atoms with van der Waals surface area (Å²) < 4.78 is 26.1. The van der Waals surface area contributed by atoms with Crippen molar-refractivity contribution in [2.75, 3.05) is 18.9 Å². The van der Waals surface area contributed by atoms with E-state index in [1.165, 1.54) is 35.1 Å². The Balaban J connectivity index is 2.16. The monoisotopic (exact) mass is 327 g/mol. The SMILES string of the molecule is CCNc1ncc(S(=O)(=O)N(C)Cc2csc(C)n2)cn1. The molecule has 2 aromatic heterocycles. The minimum absolute atomic E-state index is 0.0682. The van der Waals surface area contributed by atoms with Gasteiger partial charge < -0.3 is 5.32 Å². The van der Waals surface area contributed by atoms with Crippen molar-refractivity contribution in [2.24, 2.45) is 0 Å². The van der Waals surface area contributed by atoms with Crippen LogP contribution in [0.25, 0.3) is 0 Å². The van der Waals surface area contributed by atoms with E-state index in [1.54, 1.807) is 0 Å². The highest BCUT2D eigenvalue weighted by atomic mass is 32.2. The molecule has 0 amide bonds. The van der Waals surface area contributed by atoms with Gasteiger partial charge in [-0.1, -0.05) is 0 Å². The van der Waals surface area contributed by atoms with E-state index in [-0.39, 0.29) is 11.4 Å². The molecule has 0 unspecified atom stereocenters. The second-order valence-electron chi connectivity index (χ2n) is 4.39. The maximum absolute atomic E-state index is 12.4. The third-order valence-electron chi connectivity index (χ3n) is 2.72. The van der Waals surface area contributed by atoms with Gasteiger partial charge in [0.25, 0.3) is 0 Å². The zero-order valence-corrected chi connectivity index (χ0v) is 13.7. The van der Waals surface area contributed by atoms with E-state index < -0.39 is 10.0 Å². The number of hydrogen-bond donors (Lipinski definition) is 1. The van der Waals surface area contributed by atoms with E-state index in [4.69, 9.17) is 0 Å². The van der Waals surface area contributed by atoms with E-state index in [0.29, 0.717) is 12.5 Å². The standard InChI is InChI=1S/C12H17N5O2S2/c1-4-13-12-14-5-11(6-15-12)21(18,19)17(3)7-10-8-20-9(2)16-10/h5-6,8H,4,7H2,1-3H3,(H,13,14,15). The van der Waals surface area contributed by atoms with Crippen LogP contribution in [0.4, 0.5) is 5.95 Å². The molecule has 9 heteroatoms. The first-order valence-electron chi connectivity index (χ1n) is 6.36. The number of aromatic nitrogens is 3. The van der Waals surface area contributed by atoms with Gasteiger partial charge in [0, 0.05) is 19.0 Å². The number of hydrogen-bond acceptors (Lipinski definition) is 7. The van der Waals surface area contributed by atoms with Gasteiger partial charge in [0.1, 0.15) is 4.90 Å². The van der Waals surface area contributed by atoms with Crippen LogP contribution in [-0.4, -0.2) is 41.3 Å². The zero-order chi connectivity index (χ0) is 15.5. The van der Waals surface area contributed by atoms with Gasteiger partial charge in [-0.3, -0.25) is 0 Å². The van der Waals surface area contributed by atoms with Crippen LogP contribution in [-0.2, 0) is 16.6 Å². The molecule has 0 aliphatic heterocycles. The summed E-state index contributed by atoms with van der Waals surface area (Å²) in [6.45, 7) is 4.70. The van der Waals surface area contributed by atoms with Crippen LogP contribution >= 0.6 is 11.3 Å². The van der Waals surface area contributed by atoms with Crippen molar-refractivity contribution in [3.63, 3.8) is 0 Å². The predicted molar refractivity (Wildman–Crippen MR) is 81.7 cm³/mol. The van der Waals surface area contributed by atoms with Gasteiger partial charge in [-0.15, -0.1) is 11.3 Å². The Morgan fingerprint density at radius 2 is 2.00 bits per heavy atom. The minimum atomic E-state index is -3.61. The molecule has 2 rings (SSSR count). The third-order valence-corrected chi connectivity index (χ3v) is 5.30. The lowest BCUT2D eigenvalue weighted by Crippen LogP contribution is -2.27. The summed E-state index contributed by atoms with van der Waals surface area (Å²) in [6, 6.07) is 0. The molecule has 0 fully saturated rings. The van der Waals surface area contributed by atoms with Crippen LogP contribution in [0.5, 0.6) is 0 Å². The minimum Gasteiger partial charge on any atom is -0.355 e. The summed E-state index contributed by atoms with van der Waals surface area (Å²) in [5, 5.41) is 5.68. The Bertz CT molecular complexity index is 697. The quantitative estimate of drug-likeness (QED) is 0.865. The van der Waals surface area contributed by atoms with Crippen molar-refractivity contribution in [2.45, 2.75) is 25.3 Å². The second kappa shape index (κ2) is 6.46. The lowest BCUT2D eigenvalue weighted by Gasteiger charge is -2.15. The number of nitrogens with one attached hydrogen (secondary N) is 1. The number of sulfonamides is 1. The van der Waals surface area contributed by atoms with Crippen molar-refractivity contribution in [3.05, 3.63) is 28.5 Å². The van der Waals surface area contributed by atoms with Gasteiger partial charge in [0.15, 0.2) is 0 Å². The van der Waals surface area contributed by atoms with Crippen molar-refractivity contribution in [1.82, 2.24) is 19.3 Å². The van der Waals surface area contributed by atoms with Gasteiger partial charge in [-0.05, 0) is 13.8 Å². The van der Waals surface area contributed by atoms with Crippen LogP contribution < -0.4 is 5.32 Å². The highest BCUT2D eigenvalue weighted by molar-refractivity contribution is 7.89. The summed E-state index contributed by atoms with van der Waals surface area (Å²) in [4.78, 5) is 12.3. The maximum atomic E-state index is 12.4. The smallest absolute Gasteiger partial charge is 0.246 e. The molecule has 21 heavy (non-hydrogen) atoms. The number of thiazole rings is 1. The van der Waals surface area contributed by atoms with Crippen LogP contribution in [0, 0.1) is 6.92 Å². The Hall–Kier alpha value is -1.58. The summed E-state index contributed by atoms with van der Waals surface area (Å²) in [7, 11) is -2.10. The highest BCUT2D eigenvalue weighted by Crippen LogP contribution is 2.17. The number of aryl methyl sites for hydroxylation is 1. The molecule has 114 valence electrons. The Morgan fingerprint density at radius 3 is 2.52 bits per heavy atom. The van der Waals surface area contributed by atoms with Crippen LogP contribution in [0.2, 0.25) is 0 Å². The molecule has 0 aliphatic rings. The molecule has 0 bridgehead atoms. The molecule has 0 saturated carbocycles. The Kier molecular flexibility index (Phi) is 4.86. The van der Waals surface area contributed by atoms with Gasteiger partial charge >= 0.3 is 0 Å². The molecule has 0 spiro atoms. The van der Waals surface area contributed by atoms with Gasteiger partial charge in [-0.2, -0.15) is 4.31 Å². The molecule has 0 aromatic carbocycles. The van der Waals surface area contributed by atoms with Crippen molar-refractivity contribution in [1.29, 1.82) is 0 Å². The van der Waals surface area contributed by atoms with Crippen LogP contribution in [0.1, 0.15) is 17.6 Å². The lowest BCUT2D eigenvalue weighted by atomic mass is 10.5. The Labute approximate surface area is 128 Å². The molecule has 0 atom stereocenters.